The van der Waals surface area contributed by atoms with Gasteiger partial charge in [-0.3, -0.25) is 9.80 Å². The molecule has 0 saturated carbocycles. The molecule has 23 heavy (non-hydrogen) atoms. The number of benzene rings is 1. The molecule has 2 aromatic rings. The fourth-order valence-corrected chi connectivity index (χ4v) is 4.35. The molecule has 1 aliphatic rings. The van der Waals surface area contributed by atoms with E-state index in [-0.39, 0.29) is 0 Å². The molecule has 0 N–H and O–H groups in total. The second-order valence-corrected chi connectivity index (χ2v) is 7.75. The standard InChI is InChI=1S/C20H28N2S/c1-16(2)21(3)19-9-11-22(14-18-10-12-23-15-18)20(19)13-17-7-5-4-6-8-17/h4-8,10,12,15-16,19-20H,9,11,13-14H2,1-3H3/t19-,20+/m1/s1. The van der Waals surface area contributed by atoms with Crippen molar-refractivity contribution < 1.29 is 0 Å². The third-order valence-corrected chi connectivity index (χ3v) is 5.95. The van der Waals surface area contributed by atoms with Crippen LogP contribution in [-0.4, -0.2) is 41.5 Å². The van der Waals surface area contributed by atoms with Crippen molar-refractivity contribution in [3.63, 3.8) is 0 Å². The van der Waals surface area contributed by atoms with Crippen LogP contribution in [0.4, 0.5) is 0 Å². The van der Waals surface area contributed by atoms with Crippen molar-refractivity contribution >= 4 is 11.3 Å². The van der Waals surface area contributed by atoms with Gasteiger partial charge in [0.1, 0.15) is 0 Å². The highest BCUT2D eigenvalue weighted by Crippen LogP contribution is 2.28. The van der Waals surface area contributed by atoms with Gasteiger partial charge in [0.15, 0.2) is 0 Å². The maximum atomic E-state index is 2.69. The van der Waals surface area contributed by atoms with E-state index >= 15 is 0 Å². The van der Waals surface area contributed by atoms with Gasteiger partial charge in [0.05, 0.1) is 0 Å². The molecule has 1 aromatic carbocycles. The normalized spacial score (nSPS) is 22.3. The molecule has 1 aromatic heterocycles. The van der Waals surface area contributed by atoms with Gasteiger partial charge in [-0.25, -0.2) is 0 Å². The monoisotopic (exact) mass is 328 g/mol. The maximum Gasteiger partial charge on any atom is 0.0295 e. The van der Waals surface area contributed by atoms with Crippen LogP contribution in [0.15, 0.2) is 47.2 Å². The van der Waals surface area contributed by atoms with Gasteiger partial charge >= 0.3 is 0 Å². The highest BCUT2D eigenvalue weighted by molar-refractivity contribution is 7.07. The average Bonchev–Trinajstić information content (AvgIpc) is 3.19. The molecule has 3 rings (SSSR count). The Morgan fingerprint density at radius 3 is 2.61 bits per heavy atom. The first-order valence-corrected chi connectivity index (χ1v) is 9.60. The molecule has 1 fully saturated rings. The summed E-state index contributed by atoms with van der Waals surface area (Å²) in [6, 6.07) is 15.1. The first kappa shape index (κ1) is 16.7. The van der Waals surface area contributed by atoms with E-state index < -0.39 is 0 Å². The van der Waals surface area contributed by atoms with Gasteiger partial charge in [0, 0.05) is 31.2 Å². The Morgan fingerprint density at radius 2 is 1.96 bits per heavy atom. The summed E-state index contributed by atoms with van der Waals surface area (Å²) in [4.78, 5) is 5.26. The van der Waals surface area contributed by atoms with E-state index in [1.165, 1.54) is 24.1 Å². The fourth-order valence-electron chi connectivity index (χ4n) is 3.69. The summed E-state index contributed by atoms with van der Waals surface area (Å²) in [5.74, 6) is 0. The second kappa shape index (κ2) is 7.61. The average molecular weight is 329 g/mol. The number of nitrogens with zero attached hydrogens (tertiary/aromatic N) is 2. The van der Waals surface area contributed by atoms with Crippen LogP contribution >= 0.6 is 11.3 Å². The number of rotatable bonds is 6. The van der Waals surface area contributed by atoms with Gasteiger partial charge in [-0.2, -0.15) is 11.3 Å². The molecule has 3 heteroatoms. The lowest BCUT2D eigenvalue weighted by Crippen LogP contribution is -2.47. The Kier molecular flexibility index (Phi) is 5.52. The topological polar surface area (TPSA) is 6.48 Å². The predicted molar refractivity (Wildman–Crippen MR) is 100.0 cm³/mol. The van der Waals surface area contributed by atoms with Gasteiger partial charge in [0.2, 0.25) is 0 Å². The Hall–Kier alpha value is -1.16. The summed E-state index contributed by atoms with van der Waals surface area (Å²) in [6.07, 6.45) is 2.42. The SMILES string of the molecule is CC(C)N(C)[C@@H]1CCN(Cc2ccsc2)[C@H]1Cc1ccccc1. The van der Waals surface area contributed by atoms with E-state index in [2.05, 4.69) is 77.9 Å². The summed E-state index contributed by atoms with van der Waals surface area (Å²) in [5.41, 5.74) is 2.91. The van der Waals surface area contributed by atoms with Crippen LogP contribution < -0.4 is 0 Å². The van der Waals surface area contributed by atoms with Crippen molar-refractivity contribution in [1.82, 2.24) is 9.80 Å². The minimum absolute atomic E-state index is 0.597. The quantitative estimate of drug-likeness (QED) is 0.781. The number of hydrogen-bond donors (Lipinski definition) is 0. The highest BCUT2D eigenvalue weighted by atomic mass is 32.1. The molecule has 2 heterocycles. The highest BCUT2D eigenvalue weighted by Gasteiger charge is 2.37. The zero-order valence-corrected chi connectivity index (χ0v) is 15.3. The van der Waals surface area contributed by atoms with Crippen molar-refractivity contribution in [3.05, 3.63) is 58.3 Å². The minimum Gasteiger partial charge on any atom is -0.299 e. The van der Waals surface area contributed by atoms with E-state index in [9.17, 15) is 0 Å². The van der Waals surface area contributed by atoms with E-state index in [0.717, 1.165) is 13.0 Å². The number of hydrogen-bond acceptors (Lipinski definition) is 3. The van der Waals surface area contributed by atoms with Crippen LogP contribution in [-0.2, 0) is 13.0 Å². The van der Waals surface area contributed by atoms with Crippen LogP contribution in [0.25, 0.3) is 0 Å². The molecule has 0 unspecified atom stereocenters. The van der Waals surface area contributed by atoms with Crippen LogP contribution in [0, 0.1) is 0 Å². The maximum absolute atomic E-state index is 2.69. The lowest BCUT2D eigenvalue weighted by molar-refractivity contribution is 0.135. The zero-order valence-electron chi connectivity index (χ0n) is 14.5. The Balaban J connectivity index is 1.78. The summed E-state index contributed by atoms with van der Waals surface area (Å²) in [6.45, 7) is 6.90. The van der Waals surface area contributed by atoms with Crippen LogP contribution in [0.1, 0.15) is 31.4 Å². The molecular formula is C20H28N2S. The Labute approximate surface area is 144 Å². The van der Waals surface area contributed by atoms with E-state index in [4.69, 9.17) is 0 Å². The van der Waals surface area contributed by atoms with Crippen molar-refractivity contribution in [2.24, 2.45) is 0 Å². The molecule has 124 valence electrons. The Bertz CT molecular complexity index is 579. The lowest BCUT2D eigenvalue weighted by atomic mass is 9.98. The van der Waals surface area contributed by atoms with Gasteiger partial charge in [-0.05, 0) is 61.7 Å². The molecular weight excluding hydrogens is 300 g/mol. The minimum atomic E-state index is 0.597. The summed E-state index contributed by atoms with van der Waals surface area (Å²) < 4.78 is 0. The van der Waals surface area contributed by atoms with Crippen molar-refractivity contribution in [1.29, 1.82) is 0 Å². The van der Waals surface area contributed by atoms with Crippen LogP contribution in [0.5, 0.6) is 0 Å². The van der Waals surface area contributed by atoms with Crippen molar-refractivity contribution in [3.8, 4) is 0 Å². The van der Waals surface area contributed by atoms with E-state index in [1.54, 1.807) is 11.3 Å². The van der Waals surface area contributed by atoms with Gasteiger partial charge in [-0.15, -0.1) is 0 Å². The molecule has 0 spiro atoms. The van der Waals surface area contributed by atoms with E-state index in [1.807, 2.05) is 0 Å². The van der Waals surface area contributed by atoms with Gasteiger partial charge < -0.3 is 0 Å². The first-order chi connectivity index (χ1) is 11.1. The Morgan fingerprint density at radius 1 is 1.17 bits per heavy atom. The fraction of sp³-hybridized carbons (Fsp3) is 0.500. The first-order valence-electron chi connectivity index (χ1n) is 8.66. The second-order valence-electron chi connectivity index (χ2n) is 6.97. The molecule has 2 nitrogen and oxygen atoms in total. The van der Waals surface area contributed by atoms with Crippen LogP contribution in [0.2, 0.25) is 0 Å². The van der Waals surface area contributed by atoms with Crippen LogP contribution in [0.3, 0.4) is 0 Å². The van der Waals surface area contributed by atoms with Gasteiger partial charge in [-0.1, -0.05) is 30.3 Å². The third kappa shape index (κ3) is 4.03. The summed E-state index contributed by atoms with van der Waals surface area (Å²) in [7, 11) is 2.29. The number of likely N-dealkylation sites (N-methyl/N-ethyl adjacent to an activating group) is 1. The lowest BCUT2D eigenvalue weighted by Gasteiger charge is -2.35. The molecule has 1 saturated heterocycles. The van der Waals surface area contributed by atoms with Crippen molar-refractivity contribution in [2.45, 2.75) is 51.4 Å². The van der Waals surface area contributed by atoms with Crippen molar-refractivity contribution in [2.75, 3.05) is 13.6 Å². The molecule has 0 amide bonds. The summed E-state index contributed by atoms with van der Waals surface area (Å²) in [5, 5.41) is 4.48. The zero-order chi connectivity index (χ0) is 16.2. The smallest absolute Gasteiger partial charge is 0.0295 e. The largest absolute Gasteiger partial charge is 0.299 e. The molecule has 0 radical (unpaired) electrons. The molecule has 0 bridgehead atoms. The summed E-state index contributed by atoms with van der Waals surface area (Å²) >= 11 is 1.80. The molecule has 0 aliphatic carbocycles. The number of thiophene rings is 1. The van der Waals surface area contributed by atoms with Gasteiger partial charge in [0.25, 0.3) is 0 Å². The molecule has 2 atom stereocenters. The van der Waals surface area contributed by atoms with E-state index in [0.29, 0.717) is 18.1 Å². The molecule has 1 aliphatic heterocycles. The predicted octanol–water partition coefficient (Wildman–Crippen LogP) is 4.27. The number of likely N-dealkylation sites (tertiary alicyclic amines) is 1. The third-order valence-electron chi connectivity index (χ3n) is 5.22.